The molecule has 0 saturated carbocycles. The summed E-state index contributed by atoms with van der Waals surface area (Å²) in [5.74, 6) is -0.190. The fourth-order valence-electron chi connectivity index (χ4n) is 4.31. The van der Waals surface area contributed by atoms with Crippen LogP contribution in [0.1, 0.15) is 21.0 Å². The van der Waals surface area contributed by atoms with Gasteiger partial charge in [-0.2, -0.15) is 22.1 Å². The molecule has 5 rings (SSSR count). The summed E-state index contributed by atoms with van der Waals surface area (Å²) in [6.45, 7) is 4.08. The first-order valence-corrected chi connectivity index (χ1v) is 11.9. The van der Waals surface area contributed by atoms with Crippen LogP contribution in [-0.2, 0) is 12.7 Å². The monoisotopic (exact) mass is 508 g/mol. The second kappa shape index (κ2) is 8.91. The molecule has 3 aromatic heterocycles. The lowest BCUT2D eigenvalue weighted by Crippen LogP contribution is -2.41. The van der Waals surface area contributed by atoms with Crippen molar-refractivity contribution in [3.05, 3.63) is 104 Å². The molecule has 0 aliphatic heterocycles. The van der Waals surface area contributed by atoms with Gasteiger partial charge in [0.2, 0.25) is 0 Å². The van der Waals surface area contributed by atoms with Gasteiger partial charge in [-0.05, 0) is 60.9 Å². The molecule has 0 atom stereocenters. The van der Waals surface area contributed by atoms with Gasteiger partial charge < -0.3 is 5.11 Å². The van der Waals surface area contributed by atoms with Crippen LogP contribution < -0.4 is 10.1 Å². The molecule has 0 spiro atoms. The minimum Gasteiger partial charge on any atom is -0.477 e. The molecule has 0 unspecified atom stereocenters. The number of pyridine rings is 1. The molecule has 0 fully saturated rings. The number of hydrogen-bond acceptors (Lipinski definition) is 4. The van der Waals surface area contributed by atoms with Gasteiger partial charge in [-0.15, -0.1) is 11.3 Å². The Morgan fingerprint density at radius 1 is 1.00 bits per heavy atom. The van der Waals surface area contributed by atoms with Crippen LogP contribution in [0.25, 0.3) is 27.9 Å². The van der Waals surface area contributed by atoms with Gasteiger partial charge in [0.05, 0.1) is 21.6 Å². The predicted octanol–water partition coefficient (Wildman–Crippen LogP) is 5.77. The van der Waals surface area contributed by atoms with Crippen molar-refractivity contribution < 1.29 is 22.8 Å². The highest BCUT2D eigenvalue weighted by atomic mass is 32.1. The number of fused-ring (bicyclic) bond motifs is 1. The first-order chi connectivity index (χ1) is 17.1. The number of aromatic nitrogens is 3. The Kier molecular flexibility index (Phi) is 5.88. The van der Waals surface area contributed by atoms with Crippen LogP contribution >= 0.6 is 11.3 Å². The summed E-state index contributed by atoms with van der Waals surface area (Å²) < 4.78 is 42.1. The van der Waals surface area contributed by atoms with Gasteiger partial charge in [0.1, 0.15) is 6.54 Å². The third-order valence-corrected chi connectivity index (χ3v) is 6.91. The third-order valence-electron chi connectivity index (χ3n) is 6.01. The number of halogens is 3. The normalized spacial score (nSPS) is 11.8. The maximum atomic E-state index is 13.6. The highest BCUT2D eigenvalue weighted by Crippen LogP contribution is 2.33. The van der Waals surface area contributed by atoms with Crippen molar-refractivity contribution in [3.8, 4) is 28.1 Å². The van der Waals surface area contributed by atoms with E-state index in [1.807, 2.05) is 19.9 Å². The van der Waals surface area contributed by atoms with E-state index in [4.69, 9.17) is 0 Å². The van der Waals surface area contributed by atoms with E-state index in [1.165, 1.54) is 27.9 Å². The lowest BCUT2D eigenvalue weighted by atomic mass is 9.99. The summed E-state index contributed by atoms with van der Waals surface area (Å²) in [7, 11) is 0. The van der Waals surface area contributed by atoms with Crippen LogP contribution in [0.4, 0.5) is 13.2 Å². The number of thiazole rings is 1. The molecule has 182 valence electrons. The Labute approximate surface area is 208 Å². The second-order valence-corrected chi connectivity index (χ2v) is 9.80. The Morgan fingerprint density at radius 3 is 2.39 bits per heavy atom. The van der Waals surface area contributed by atoms with E-state index in [0.29, 0.717) is 28.9 Å². The van der Waals surface area contributed by atoms with Crippen molar-refractivity contribution >= 4 is 17.0 Å². The highest BCUT2D eigenvalue weighted by Gasteiger charge is 2.30. The van der Waals surface area contributed by atoms with E-state index >= 15 is 0 Å². The SMILES string of the molecule is Cc1ncc(C[n+]2c(O)c(-c3cccc(-c4ccc(C(F)(F)F)cc4)c3)c(=O)n3cccc(C)c32)s1. The number of nitrogens with zero attached hydrogens (tertiary/aromatic N) is 3. The topological polar surface area (TPSA) is 58.5 Å². The van der Waals surface area contributed by atoms with Gasteiger partial charge in [-0.25, -0.2) is 9.78 Å². The summed E-state index contributed by atoms with van der Waals surface area (Å²) in [6, 6.07) is 15.3. The van der Waals surface area contributed by atoms with Crippen molar-refractivity contribution in [2.75, 3.05) is 0 Å². The standard InChI is InChI=1S/C27H20F3N3O2S/c1-16-5-4-12-32-24(16)33(15-22-14-31-17(2)36-22)26(35)23(25(32)34)20-7-3-6-19(13-20)18-8-10-21(11-9-18)27(28,29)30/h3-14H,15H2,1-2H3/p+1. The summed E-state index contributed by atoms with van der Waals surface area (Å²) in [5, 5.41) is 12.3. The Hall–Kier alpha value is -3.98. The quantitative estimate of drug-likeness (QED) is 0.314. The zero-order valence-corrected chi connectivity index (χ0v) is 20.2. The van der Waals surface area contributed by atoms with Crippen LogP contribution in [0.15, 0.2) is 77.9 Å². The van der Waals surface area contributed by atoms with Crippen LogP contribution in [0.2, 0.25) is 0 Å². The van der Waals surface area contributed by atoms with Gasteiger partial charge in [-0.1, -0.05) is 30.3 Å². The maximum absolute atomic E-state index is 13.6. The number of aryl methyl sites for hydroxylation is 2. The number of rotatable bonds is 4. The third kappa shape index (κ3) is 4.26. The molecular weight excluding hydrogens is 487 g/mol. The molecule has 9 heteroatoms. The van der Waals surface area contributed by atoms with Crippen LogP contribution in [0.5, 0.6) is 5.88 Å². The van der Waals surface area contributed by atoms with E-state index in [1.54, 1.807) is 47.3 Å². The van der Waals surface area contributed by atoms with Crippen molar-refractivity contribution in [2.24, 2.45) is 0 Å². The zero-order chi connectivity index (χ0) is 25.6. The summed E-state index contributed by atoms with van der Waals surface area (Å²) >= 11 is 1.50. The molecule has 0 radical (unpaired) electrons. The number of hydrogen-bond donors (Lipinski definition) is 1. The van der Waals surface area contributed by atoms with E-state index in [2.05, 4.69) is 4.98 Å². The van der Waals surface area contributed by atoms with Gasteiger partial charge in [0.15, 0.2) is 5.56 Å². The van der Waals surface area contributed by atoms with Crippen molar-refractivity contribution in [2.45, 2.75) is 26.6 Å². The summed E-state index contributed by atoms with van der Waals surface area (Å²) in [4.78, 5) is 18.8. The van der Waals surface area contributed by atoms with Crippen LogP contribution in [0, 0.1) is 13.8 Å². The minimum absolute atomic E-state index is 0.105. The second-order valence-electron chi connectivity index (χ2n) is 8.48. The van der Waals surface area contributed by atoms with Crippen molar-refractivity contribution in [3.63, 3.8) is 0 Å². The van der Waals surface area contributed by atoms with E-state index < -0.39 is 17.3 Å². The molecule has 5 aromatic rings. The first-order valence-electron chi connectivity index (χ1n) is 11.1. The van der Waals surface area contributed by atoms with E-state index in [0.717, 1.165) is 27.6 Å². The molecule has 0 aliphatic carbocycles. The minimum atomic E-state index is -4.42. The lowest BCUT2D eigenvalue weighted by Gasteiger charge is -2.12. The average Bonchev–Trinajstić information content (AvgIpc) is 3.26. The van der Waals surface area contributed by atoms with Crippen LogP contribution in [-0.4, -0.2) is 14.5 Å². The number of aromatic hydroxyl groups is 1. The Balaban J connectivity index is 1.68. The summed E-state index contributed by atoms with van der Waals surface area (Å²) in [6.07, 6.45) is -1.02. The number of benzene rings is 2. The maximum Gasteiger partial charge on any atom is 0.416 e. The molecule has 36 heavy (non-hydrogen) atoms. The first kappa shape index (κ1) is 23.7. The molecule has 1 N–H and O–H groups in total. The number of alkyl halides is 3. The summed E-state index contributed by atoms with van der Waals surface area (Å²) in [5.41, 5.74) is 2.00. The molecule has 0 aliphatic rings. The molecule has 0 saturated heterocycles. The van der Waals surface area contributed by atoms with Gasteiger partial charge in [-0.3, -0.25) is 0 Å². The zero-order valence-electron chi connectivity index (χ0n) is 19.4. The highest BCUT2D eigenvalue weighted by molar-refractivity contribution is 7.11. The molecule has 5 nitrogen and oxygen atoms in total. The van der Waals surface area contributed by atoms with E-state index in [9.17, 15) is 23.1 Å². The fraction of sp³-hybridized carbons (Fsp3) is 0.148. The largest absolute Gasteiger partial charge is 0.477 e. The Bertz CT molecular complexity index is 1650. The lowest BCUT2D eigenvalue weighted by molar-refractivity contribution is -0.671. The molecule has 2 aromatic carbocycles. The molecular formula is C27H21F3N3O2S+. The van der Waals surface area contributed by atoms with Gasteiger partial charge in [0, 0.05) is 11.8 Å². The smallest absolute Gasteiger partial charge is 0.416 e. The van der Waals surface area contributed by atoms with E-state index in [-0.39, 0.29) is 11.4 Å². The molecule has 0 amide bonds. The van der Waals surface area contributed by atoms with Crippen molar-refractivity contribution in [1.29, 1.82) is 0 Å². The fourth-order valence-corrected chi connectivity index (χ4v) is 5.09. The predicted molar refractivity (Wildman–Crippen MR) is 132 cm³/mol. The van der Waals surface area contributed by atoms with Crippen LogP contribution in [0.3, 0.4) is 0 Å². The molecule has 3 heterocycles. The Morgan fingerprint density at radius 2 is 1.72 bits per heavy atom. The van der Waals surface area contributed by atoms with Crippen molar-refractivity contribution in [1.82, 2.24) is 9.38 Å². The van der Waals surface area contributed by atoms with Gasteiger partial charge >= 0.3 is 11.7 Å². The molecule has 0 bridgehead atoms. The average molecular weight is 509 g/mol. The van der Waals surface area contributed by atoms with Gasteiger partial charge in [0.25, 0.3) is 11.5 Å².